The van der Waals surface area contributed by atoms with E-state index in [2.05, 4.69) is 26.0 Å². The van der Waals surface area contributed by atoms with Crippen molar-refractivity contribution in [3.8, 4) is 5.75 Å². The van der Waals surface area contributed by atoms with Crippen LogP contribution in [-0.4, -0.2) is 60.0 Å². The Bertz CT molecular complexity index is 378. The number of benzene rings is 1. The van der Waals surface area contributed by atoms with Gasteiger partial charge in [-0.3, -0.25) is 0 Å². The molecule has 0 atom stereocenters. The fourth-order valence-electron chi connectivity index (χ4n) is 1.85. The van der Waals surface area contributed by atoms with Gasteiger partial charge in [0.2, 0.25) is 0 Å². The largest absolute Gasteiger partial charge is 0.491 e. The van der Waals surface area contributed by atoms with Gasteiger partial charge in [-0.25, -0.2) is 0 Å². The molecule has 5 nitrogen and oxygen atoms in total. The van der Waals surface area contributed by atoms with Crippen LogP contribution in [0.2, 0.25) is 0 Å². The number of rotatable bonds is 14. The quantitative estimate of drug-likeness (QED) is 0.492. The van der Waals surface area contributed by atoms with Crippen molar-refractivity contribution in [2.24, 2.45) is 0 Å². The van der Waals surface area contributed by atoms with E-state index in [-0.39, 0.29) is 0 Å². The summed E-state index contributed by atoms with van der Waals surface area (Å²) in [6.45, 7) is 8.96. The Kier molecular flexibility index (Phi) is 11.5. The molecule has 0 heterocycles. The highest BCUT2D eigenvalue weighted by Crippen LogP contribution is 2.18. The number of ether oxygens (including phenoxy) is 5. The zero-order valence-corrected chi connectivity index (χ0v) is 14.6. The molecule has 1 aromatic rings. The van der Waals surface area contributed by atoms with E-state index in [0.29, 0.717) is 58.8 Å². The van der Waals surface area contributed by atoms with E-state index in [4.69, 9.17) is 23.7 Å². The van der Waals surface area contributed by atoms with Crippen LogP contribution in [0.4, 0.5) is 0 Å². The minimum absolute atomic E-state index is 0.540. The van der Waals surface area contributed by atoms with E-state index in [1.54, 1.807) is 7.11 Å². The van der Waals surface area contributed by atoms with Crippen LogP contribution in [0.1, 0.15) is 25.3 Å². The van der Waals surface area contributed by atoms with Crippen LogP contribution in [0, 0.1) is 0 Å². The zero-order chi connectivity index (χ0) is 16.8. The van der Waals surface area contributed by atoms with Crippen LogP contribution in [-0.2, 0) is 18.9 Å². The van der Waals surface area contributed by atoms with Crippen molar-refractivity contribution in [3.05, 3.63) is 29.8 Å². The summed E-state index contributed by atoms with van der Waals surface area (Å²) in [5.41, 5.74) is 1.32. The van der Waals surface area contributed by atoms with Gasteiger partial charge >= 0.3 is 0 Å². The van der Waals surface area contributed by atoms with Crippen LogP contribution in [0.5, 0.6) is 5.75 Å². The Labute approximate surface area is 139 Å². The first-order chi connectivity index (χ1) is 11.2. The predicted molar refractivity (Wildman–Crippen MR) is 90.4 cm³/mol. The lowest BCUT2D eigenvalue weighted by atomic mass is 10.0. The fourth-order valence-corrected chi connectivity index (χ4v) is 1.85. The SMILES string of the molecule is COCCOCCOCCOCCOc1ccc(C(C)C)cc1. The lowest BCUT2D eigenvalue weighted by Gasteiger charge is -2.09. The molecule has 23 heavy (non-hydrogen) atoms. The van der Waals surface area contributed by atoms with Gasteiger partial charge in [-0.05, 0) is 23.6 Å². The van der Waals surface area contributed by atoms with Crippen molar-refractivity contribution in [2.75, 3.05) is 60.0 Å². The molecule has 0 aromatic heterocycles. The molecule has 0 aliphatic rings. The average molecular weight is 326 g/mol. The molecule has 0 amide bonds. The Hall–Kier alpha value is -1.14. The van der Waals surface area contributed by atoms with Crippen LogP contribution in [0.3, 0.4) is 0 Å². The summed E-state index contributed by atoms with van der Waals surface area (Å²) >= 11 is 0. The van der Waals surface area contributed by atoms with Crippen molar-refractivity contribution in [3.63, 3.8) is 0 Å². The Morgan fingerprint density at radius 3 is 1.65 bits per heavy atom. The first-order valence-electron chi connectivity index (χ1n) is 8.19. The molecule has 0 saturated heterocycles. The molecule has 0 aliphatic carbocycles. The minimum atomic E-state index is 0.540. The predicted octanol–water partition coefficient (Wildman–Crippen LogP) is 2.89. The van der Waals surface area contributed by atoms with Crippen molar-refractivity contribution in [2.45, 2.75) is 19.8 Å². The molecule has 0 radical (unpaired) electrons. The summed E-state index contributed by atoms with van der Waals surface area (Å²) in [6.07, 6.45) is 0. The van der Waals surface area contributed by atoms with Crippen molar-refractivity contribution >= 4 is 0 Å². The summed E-state index contributed by atoms with van der Waals surface area (Å²) in [4.78, 5) is 0. The summed E-state index contributed by atoms with van der Waals surface area (Å²) in [7, 11) is 1.65. The third-order valence-corrected chi connectivity index (χ3v) is 3.22. The molecule has 0 fully saturated rings. The van der Waals surface area contributed by atoms with Crippen LogP contribution in [0.15, 0.2) is 24.3 Å². The lowest BCUT2D eigenvalue weighted by molar-refractivity contribution is 0.000163. The minimum Gasteiger partial charge on any atom is -0.491 e. The Morgan fingerprint density at radius 1 is 0.696 bits per heavy atom. The van der Waals surface area contributed by atoms with Crippen molar-refractivity contribution < 1.29 is 23.7 Å². The molecule has 0 aliphatic heterocycles. The number of methoxy groups -OCH3 is 1. The second-order valence-electron chi connectivity index (χ2n) is 5.40. The lowest BCUT2D eigenvalue weighted by Crippen LogP contribution is -2.13. The summed E-state index contributed by atoms with van der Waals surface area (Å²) in [6, 6.07) is 8.21. The van der Waals surface area contributed by atoms with Gasteiger partial charge in [-0.15, -0.1) is 0 Å². The molecule has 0 N–H and O–H groups in total. The maximum absolute atomic E-state index is 5.63. The molecule has 0 bridgehead atoms. The van der Waals surface area contributed by atoms with Gasteiger partial charge in [0.15, 0.2) is 0 Å². The van der Waals surface area contributed by atoms with Crippen molar-refractivity contribution in [1.82, 2.24) is 0 Å². The van der Waals surface area contributed by atoms with E-state index < -0.39 is 0 Å². The van der Waals surface area contributed by atoms with E-state index in [9.17, 15) is 0 Å². The van der Waals surface area contributed by atoms with Gasteiger partial charge in [0.1, 0.15) is 12.4 Å². The molecule has 5 heteroatoms. The smallest absolute Gasteiger partial charge is 0.119 e. The Balaban J connectivity index is 1.89. The standard InChI is InChI=1S/C18H30O5/c1-16(2)17-4-6-18(7-5-17)23-15-14-22-13-12-21-11-10-20-9-8-19-3/h4-7,16H,8-15H2,1-3H3. The second kappa shape index (κ2) is 13.3. The normalized spacial score (nSPS) is 11.1. The number of hydrogen-bond acceptors (Lipinski definition) is 5. The summed E-state index contributed by atoms with van der Waals surface area (Å²) in [5, 5.41) is 0. The second-order valence-corrected chi connectivity index (χ2v) is 5.40. The summed E-state index contributed by atoms with van der Waals surface area (Å²) < 4.78 is 26.6. The monoisotopic (exact) mass is 326 g/mol. The number of hydrogen-bond donors (Lipinski definition) is 0. The maximum atomic E-state index is 5.63. The fraction of sp³-hybridized carbons (Fsp3) is 0.667. The maximum Gasteiger partial charge on any atom is 0.119 e. The molecule has 0 spiro atoms. The third-order valence-electron chi connectivity index (χ3n) is 3.22. The zero-order valence-electron chi connectivity index (χ0n) is 14.6. The highest BCUT2D eigenvalue weighted by Gasteiger charge is 1.99. The molecule has 0 unspecified atom stereocenters. The van der Waals surface area contributed by atoms with Gasteiger partial charge < -0.3 is 23.7 Å². The Morgan fingerprint density at radius 2 is 1.17 bits per heavy atom. The van der Waals surface area contributed by atoms with Gasteiger partial charge in [0, 0.05) is 7.11 Å². The van der Waals surface area contributed by atoms with E-state index in [1.165, 1.54) is 5.56 Å². The molecule has 1 rings (SSSR count). The van der Waals surface area contributed by atoms with Gasteiger partial charge in [0.25, 0.3) is 0 Å². The van der Waals surface area contributed by atoms with Gasteiger partial charge in [-0.2, -0.15) is 0 Å². The van der Waals surface area contributed by atoms with Crippen LogP contribution >= 0.6 is 0 Å². The average Bonchev–Trinajstić information content (AvgIpc) is 2.56. The highest BCUT2D eigenvalue weighted by molar-refractivity contribution is 5.28. The molecule has 1 aromatic carbocycles. The highest BCUT2D eigenvalue weighted by atomic mass is 16.6. The third kappa shape index (κ3) is 10.3. The van der Waals surface area contributed by atoms with Crippen molar-refractivity contribution in [1.29, 1.82) is 0 Å². The van der Waals surface area contributed by atoms with E-state index >= 15 is 0 Å². The molecule has 0 saturated carbocycles. The van der Waals surface area contributed by atoms with Gasteiger partial charge in [-0.1, -0.05) is 26.0 Å². The van der Waals surface area contributed by atoms with E-state index in [1.807, 2.05) is 12.1 Å². The summed E-state index contributed by atoms with van der Waals surface area (Å²) in [5.74, 6) is 1.42. The van der Waals surface area contributed by atoms with E-state index in [0.717, 1.165) is 5.75 Å². The van der Waals surface area contributed by atoms with Crippen LogP contribution in [0.25, 0.3) is 0 Å². The first-order valence-corrected chi connectivity index (χ1v) is 8.19. The topological polar surface area (TPSA) is 46.2 Å². The molecular weight excluding hydrogens is 296 g/mol. The molecule has 132 valence electrons. The molecular formula is C18H30O5. The van der Waals surface area contributed by atoms with Crippen LogP contribution < -0.4 is 4.74 Å². The first kappa shape index (κ1) is 19.9. The van der Waals surface area contributed by atoms with Gasteiger partial charge in [0.05, 0.1) is 46.2 Å².